The Morgan fingerprint density at radius 3 is 1.64 bits per heavy atom. The molecule has 0 saturated heterocycles. The number of halogens is 8. The Hall–Kier alpha value is -1.97. The van der Waals surface area contributed by atoms with Crippen LogP contribution < -0.4 is 4.74 Å². The lowest BCUT2D eigenvalue weighted by Crippen LogP contribution is -2.10. The van der Waals surface area contributed by atoms with E-state index in [9.17, 15) is 35.1 Å². The molecule has 0 N–H and O–H groups in total. The number of benzene rings is 2. The molecule has 0 aromatic heterocycles. The van der Waals surface area contributed by atoms with Gasteiger partial charge in [0.2, 0.25) is 11.6 Å². The van der Waals surface area contributed by atoms with Gasteiger partial charge in [-0.15, -0.1) is 0 Å². The smallest absolute Gasteiger partial charge is 0.204 e. The molecule has 28 heavy (non-hydrogen) atoms. The third kappa shape index (κ3) is 3.92. The minimum atomic E-state index is -2.32. The van der Waals surface area contributed by atoms with Crippen LogP contribution in [0.4, 0.5) is 35.1 Å². The van der Waals surface area contributed by atoms with Crippen molar-refractivity contribution in [1.29, 1.82) is 0 Å². The molecule has 0 amide bonds. The zero-order valence-corrected chi connectivity index (χ0v) is 15.3. The highest BCUT2D eigenvalue weighted by molar-refractivity contribution is 7.80. The summed E-state index contributed by atoms with van der Waals surface area (Å²) in [5, 5.41) is 0. The molecular formula is C18H14F8OS. The number of hydrogen-bond donors (Lipinski definition) is 1. The van der Waals surface area contributed by atoms with Gasteiger partial charge in [-0.25, -0.2) is 26.3 Å². The number of hydrogen-bond acceptors (Lipinski definition) is 2. The maximum absolute atomic E-state index is 14.3. The minimum absolute atomic E-state index is 0.285. The fourth-order valence-corrected chi connectivity index (χ4v) is 2.72. The van der Waals surface area contributed by atoms with Crippen molar-refractivity contribution in [2.45, 2.75) is 26.2 Å². The SMILES string of the molecule is Cc1c(F)c(F)c(F)c(-c2c(F)c(F)c(OCCCCCS)c(F)c2F)c1F. The number of unbranched alkanes of at least 4 members (excludes halogenated alkanes) is 2. The molecule has 0 heterocycles. The molecule has 0 spiro atoms. The van der Waals surface area contributed by atoms with E-state index in [4.69, 9.17) is 4.74 Å². The highest BCUT2D eigenvalue weighted by atomic mass is 32.1. The minimum Gasteiger partial charge on any atom is -0.487 e. The summed E-state index contributed by atoms with van der Waals surface area (Å²) in [5.74, 6) is -17.7. The molecule has 0 unspecified atom stereocenters. The number of ether oxygens (including phenoxy) is 1. The van der Waals surface area contributed by atoms with E-state index in [1.807, 2.05) is 0 Å². The molecule has 0 radical (unpaired) electrons. The van der Waals surface area contributed by atoms with Crippen LogP contribution in [0.5, 0.6) is 5.75 Å². The first-order valence-electron chi connectivity index (χ1n) is 8.07. The van der Waals surface area contributed by atoms with E-state index in [-0.39, 0.29) is 6.61 Å². The van der Waals surface area contributed by atoms with E-state index in [1.54, 1.807) is 0 Å². The summed E-state index contributed by atoms with van der Waals surface area (Å²) in [4.78, 5) is 0. The van der Waals surface area contributed by atoms with Gasteiger partial charge in [-0.1, -0.05) is 0 Å². The lowest BCUT2D eigenvalue weighted by Gasteiger charge is -2.15. The maximum atomic E-state index is 14.3. The van der Waals surface area contributed by atoms with Crippen molar-refractivity contribution in [3.05, 3.63) is 52.1 Å². The standard InChI is InChI=1S/C18H14F8OS/c1-7-10(19)8(12(21)15(24)11(7)20)9-13(22)16(25)18(17(26)14(9)23)27-5-3-2-4-6-28/h28H,2-6H2,1H3. The summed E-state index contributed by atoms with van der Waals surface area (Å²) in [7, 11) is 0. The van der Waals surface area contributed by atoms with Gasteiger partial charge in [0.15, 0.2) is 34.8 Å². The topological polar surface area (TPSA) is 9.23 Å². The van der Waals surface area contributed by atoms with Crippen LogP contribution in [0.15, 0.2) is 0 Å². The number of rotatable bonds is 7. The van der Waals surface area contributed by atoms with Crippen LogP contribution in [0.2, 0.25) is 0 Å². The van der Waals surface area contributed by atoms with Crippen LogP contribution in [-0.2, 0) is 0 Å². The second-order valence-corrected chi connectivity index (χ2v) is 6.30. The third-order valence-electron chi connectivity index (χ3n) is 4.00. The van der Waals surface area contributed by atoms with Crippen LogP contribution >= 0.6 is 12.6 Å². The van der Waals surface area contributed by atoms with Crippen LogP contribution in [0.1, 0.15) is 24.8 Å². The molecule has 0 aliphatic heterocycles. The Kier molecular flexibility index (Phi) is 7.19. The van der Waals surface area contributed by atoms with Gasteiger partial charge in [0.05, 0.1) is 17.7 Å². The summed E-state index contributed by atoms with van der Waals surface area (Å²) in [6, 6.07) is 0. The lowest BCUT2D eigenvalue weighted by molar-refractivity contribution is 0.265. The Morgan fingerprint density at radius 1 is 0.607 bits per heavy atom. The van der Waals surface area contributed by atoms with Crippen LogP contribution in [0.25, 0.3) is 11.1 Å². The van der Waals surface area contributed by atoms with Gasteiger partial charge < -0.3 is 4.74 Å². The molecule has 2 aromatic carbocycles. The molecule has 0 saturated carbocycles. The van der Waals surface area contributed by atoms with Crippen molar-refractivity contribution >= 4 is 12.6 Å². The average Bonchev–Trinajstić information content (AvgIpc) is 2.68. The van der Waals surface area contributed by atoms with Crippen LogP contribution in [0, 0.1) is 53.5 Å². The van der Waals surface area contributed by atoms with E-state index >= 15 is 0 Å². The van der Waals surface area contributed by atoms with E-state index < -0.39 is 69.0 Å². The van der Waals surface area contributed by atoms with Gasteiger partial charge in [-0.05, 0) is 31.9 Å². The molecule has 0 aliphatic carbocycles. The number of thiol groups is 1. The van der Waals surface area contributed by atoms with Gasteiger partial charge in [0.1, 0.15) is 5.82 Å². The van der Waals surface area contributed by atoms with Gasteiger partial charge >= 0.3 is 0 Å². The van der Waals surface area contributed by atoms with E-state index in [2.05, 4.69) is 12.6 Å². The van der Waals surface area contributed by atoms with Crippen molar-refractivity contribution in [3.63, 3.8) is 0 Å². The van der Waals surface area contributed by atoms with Crippen LogP contribution in [-0.4, -0.2) is 12.4 Å². The summed E-state index contributed by atoms with van der Waals surface area (Å²) >= 11 is 3.96. The molecule has 2 rings (SSSR count). The van der Waals surface area contributed by atoms with Crippen molar-refractivity contribution in [1.82, 2.24) is 0 Å². The summed E-state index contributed by atoms with van der Waals surface area (Å²) in [6.07, 6.45) is 1.55. The highest BCUT2D eigenvalue weighted by Crippen LogP contribution is 2.40. The molecule has 2 aromatic rings. The Balaban J connectivity index is 2.58. The first-order valence-corrected chi connectivity index (χ1v) is 8.70. The molecular weight excluding hydrogens is 416 g/mol. The average molecular weight is 430 g/mol. The Labute approximate surface area is 160 Å². The quantitative estimate of drug-likeness (QED) is 0.180. The predicted molar refractivity (Wildman–Crippen MR) is 89.5 cm³/mol. The lowest BCUT2D eigenvalue weighted by atomic mass is 9.99. The molecule has 1 nitrogen and oxygen atoms in total. The van der Waals surface area contributed by atoms with E-state index in [0.29, 0.717) is 31.9 Å². The first-order chi connectivity index (χ1) is 13.1. The summed E-state index contributed by atoms with van der Waals surface area (Å²) < 4.78 is 117. The third-order valence-corrected chi connectivity index (χ3v) is 4.32. The molecule has 0 bridgehead atoms. The summed E-state index contributed by atoms with van der Waals surface area (Å²) in [6.45, 7) is 0.383. The second kappa shape index (κ2) is 9.02. The first kappa shape index (κ1) is 22.3. The molecule has 0 aliphatic rings. The molecule has 0 fully saturated rings. The van der Waals surface area contributed by atoms with Crippen molar-refractivity contribution < 1.29 is 39.9 Å². The Bertz CT molecular complexity index is 842. The predicted octanol–water partition coefficient (Wildman–Crippen LogP) is 6.25. The van der Waals surface area contributed by atoms with Gasteiger partial charge in [-0.2, -0.15) is 21.4 Å². The van der Waals surface area contributed by atoms with E-state index in [0.717, 1.165) is 0 Å². The van der Waals surface area contributed by atoms with Crippen molar-refractivity contribution in [2.24, 2.45) is 0 Å². The van der Waals surface area contributed by atoms with Gasteiger partial charge in [0, 0.05) is 5.56 Å². The Morgan fingerprint density at radius 2 is 1.11 bits per heavy atom. The van der Waals surface area contributed by atoms with Crippen molar-refractivity contribution in [2.75, 3.05) is 12.4 Å². The maximum Gasteiger partial charge on any atom is 0.204 e. The fourth-order valence-electron chi connectivity index (χ4n) is 2.49. The largest absolute Gasteiger partial charge is 0.487 e. The van der Waals surface area contributed by atoms with Gasteiger partial charge in [-0.3, -0.25) is 0 Å². The normalized spacial score (nSPS) is 11.2. The summed E-state index contributed by atoms with van der Waals surface area (Å²) in [5.41, 5.74) is -4.71. The van der Waals surface area contributed by atoms with Crippen molar-refractivity contribution in [3.8, 4) is 16.9 Å². The molecule has 10 heteroatoms. The highest BCUT2D eigenvalue weighted by Gasteiger charge is 2.33. The molecule has 154 valence electrons. The van der Waals surface area contributed by atoms with E-state index in [1.165, 1.54) is 0 Å². The fraction of sp³-hybridized carbons (Fsp3) is 0.333. The second-order valence-electron chi connectivity index (χ2n) is 5.85. The zero-order chi connectivity index (χ0) is 21.2. The molecule has 0 atom stereocenters. The zero-order valence-electron chi connectivity index (χ0n) is 14.4. The van der Waals surface area contributed by atoms with Gasteiger partial charge in [0.25, 0.3) is 0 Å². The monoisotopic (exact) mass is 430 g/mol. The van der Waals surface area contributed by atoms with Crippen LogP contribution in [0.3, 0.4) is 0 Å².